The molecular weight excluding hydrogens is 181 g/mol. The van der Waals surface area contributed by atoms with E-state index in [4.69, 9.17) is 0 Å². The van der Waals surface area contributed by atoms with Crippen molar-refractivity contribution in [2.24, 2.45) is 5.92 Å². The Bertz CT molecular complexity index is 153. The number of ketones is 1. The summed E-state index contributed by atoms with van der Waals surface area (Å²) in [5, 5.41) is 0. The number of hydrogen-bond acceptors (Lipinski definition) is 1. The highest BCUT2D eigenvalue weighted by atomic mass is 19.4. The summed E-state index contributed by atoms with van der Waals surface area (Å²) >= 11 is 0. The number of rotatable bonds is 0. The molecule has 13 heavy (non-hydrogen) atoms. The SMILES string of the molecule is CC.O=C1CCC(C(F)(F)F)CC1. The maximum Gasteiger partial charge on any atom is 0.391 e. The molecule has 0 aromatic carbocycles. The van der Waals surface area contributed by atoms with Crippen molar-refractivity contribution in [3.63, 3.8) is 0 Å². The molecule has 0 saturated heterocycles. The highest BCUT2D eigenvalue weighted by molar-refractivity contribution is 5.79. The first-order valence-electron chi connectivity index (χ1n) is 4.58. The van der Waals surface area contributed by atoms with Gasteiger partial charge in [-0.2, -0.15) is 13.2 Å². The average molecular weight is 196 g/mol. The van der Waals surface area contributed by atoms with Crippen molar-refractivity contribution in [1.29, 1.82) is 0 Å². The normalized spacial score (nSPS) is 19.3. The van der Waals surface area contributed by atoms with Crippen LogP contribution in [-0.2, 0) is 4.79 Å². The minimum Gasteiger partial charge on any atom is -0.300 e. The van der Waals surface area contributed by atoms with Gasteiger partial charge in [0.1, 0.15) is 5.78 Å². The molecule has 4 heteroatoms. The van der Waals surface area contributed by atoms with Gasteiger partial charge >= 0.3 is 6.18 Å². The van der Waals surface area contributed by atoms with Crippen molar-refractivity contribution in [3.8, 4) is 0 Å². The number of halogens is 3. The number of carbonyl (C=O) groups is 1. The lowest BCUT2D eigenvalue weighted by molar-refractivity contribution is -0.182. The van der Waals surface area contributed by atoms with Crippen LogP contribution in [0.15, 0.2) is 0 Å². The van der Waals surface area contributed by atoms with E-state index in [1.807, 2.05) is 13.8 Å². The first-order valence-corrected chi connectivity index (χ1v) is 4.58. The molecule has 78 valence electrons. The molecule has 0 heterocycles. The first kappa shape index (κ1) is 12.5. The Labute approximate surface area is 76.3 Å². The second-order valence-corrected chi connectivity index (χ2v) is 2.85. The quantitative estimate of drug-likeness (QED) is 0.580. The molecule has 1 saturated carbocycles. The van der Waals surface area contributed by atoms with Gasteiger partial charge in [-0.3, -0.25) is 4.79 Å². The molecule has 1 fully saturated rings. The van der Waals surface area contributed by atoms with E-state index in [9.17, 15) is 18.0 Å². The number of carbonyl (C=O) groups excluding carboxylic acids is 1. The molecule has 0 N–H and O–H groups in total. The van der Waals surface area contributed by atoms with Crippen LogP contribution in [0.1, 0.15) is 39.5 Å². The highest BCUT2D eigenvalue weighted by Crippen LogP contribution is 2.36. The van der Waals surface area contributed by atoms with E-state index in [0.29, 0.717) is 0 Å². The molecule has 1 aliphatic rings. The summed E-state index contributed by atoms with van der Waals surface area (Å²) in [6, 6.07) is 0. The third-order valence-corrected chi connectivity index (χ3v) is 2.01. The van der Waals surface area contributed by atoms with Crippen LogP contribution < -0.4 is 0 Å². The second kappa shape index (κ2) is 5.25. The van der Waals surface area contributed by atoms with Gasteiger partial charge in [-0.1, -0.05) is 13.8 Å². The van der Waals surface area contributed by atoms with Gasteiger partial charge in [-0.25, -0.2) is 0 Å². The largest absolute Gasteiger partial charge is 0.391 e. The number of alkyl halides is 3. The lowest BCUT2D eigenvalue weighted by Crippen LogP contribution is -2.27. The zero-order valence-electron chi connectivity index (χ0n) is 7.95. The Balaban J connectivity index is 0.000000671. The van der Waals surface area contributed by atoms with Crippen molar-refractivity contribution in [2.75, 3.05) is 0 Å². The van der Waals surface area contributed by atoms with E-state index in [1.165, 1.54) is 0 Å². The van der Waals surface area contributed by atoms with E-state index in [2.05, 4.69) is 0 Å². The summed E-state index contributed by atoms with van der Waals surface area (Å²) in [5.74, 6) is -1.27. The van der Waals surface area contributed by atoms with Gasteiger partial charge < -0.3 is 0 Å². The molecule has 0 aromatic heterocycles. The topological polar surface area (TPSA) is 17.1 Å². The predicted molar refractivity (Wildman–Crippen MR) is 44.4 cm³/mol. The van der Waals surface area contributed by atoms with E-state index < -0.39 is 12.1 Å². The molecule has 0 bridgehead atoms. The number of Topliss-reactive ketones (excluding diaryl/α,β-unsaturated/α-hetero) is 1. The molecule has 0 amide bonds. The minimum absolute atomic E-state index is 0.0116. The van der Waals surface area contributed by atoms with Gasteiger partial charge in [0.2, 0.25) is 0 Å². The highest BCUT2D eigenvalue weighted by Gasteiger charge is 2.40. The Morgan fingerprint density at radius 1 is 1.15 bits per heavy atom. The summed E-state index contributed by atoms with van der Waals surface area (Å²) in [7, 11) is 0. The minimum atomic E-state index is -4.10. The molecule has 1 rings (SSSR count). The van der Waals surface area contributed by atoms with Crippen LogP contribution in [0, 0.1) is 5.92 Å². The average Bonchev–Trinajstić information content (AvgIpc) is 2.07. The molecule has 0 radical (unpaired) electrons. The monoisotopic (exact) mass is 196 g/mol. The van der Waals surface area contributed by atoms with Crippen molar-refractivity contribution >= 4 is 5.78 Å². The van der Waals surface area contributed by atoms with E-state index in [-0.39, 0.29) is 31.5 Å². The number of hydrogen-bond donors (Lipinski definition) is 0. The van der Waals surface area contributed by atoms with Crippen molar-refractivity contribution in [3.05, 3.63) is 0 Å². The van der Waals surface area contributed by atoms with Gasteiger partial charge in [0.15, 0.2) is 0 Å². The molecule has 0 aliphatic heterocycles. The Morgan fingerprint density at radius 3 is 1.85 bits per heavy atom. The third-order valence-electron chi connectivity index (χ3n) is 2.01. The van der Waals surface area contributed by atoms with Crippen molar-refractivity contribution < 1.29 is 18.0 Å². The van der Waals surface area contributed by atoms with Crippen molar-refractivity contribution in [1.82, 2.24) is 0 Å². The van der Waals surface area contributed by atoms with Crippen LogP contribution in [0.25, 0.3) is 0 Å². The van der Waals surface area contributed by atoms with Gasteiger partial charge in [0.05, 0.1) is 5.92 Å². The first-order chi connectivity index (χ1) is 6.00. The summed E-state index contributed by atoms with van der Waals surface area (Å²) in [5.41, 5.74) is 0. The lowest BCUT2D eigenvalue weighted by Gasteiger charge is -2.22. The summed E-state index contributed by atoms with van der Waals surface area (Å²) in [6.45, 7) is 4.00. The molecule has 1 aliphatic carbocycles. The van der Waals surface area contributed by atoms with Crippen molar-refractivity contribution in [2.45, 2.75) is 45.7 Å². The van der Waals surface area contributed by atoms with Crippen LogP contribution in [0.3, 0.4) is 0 Å². The van der Waals surface area contributed by atoms with E-state index in [0.717, 1.165) is 0 Å². The van der Waals surface area contributed by atoms with Gasteiger partial charge in [0, 0.05) is 12.8 Å². The third kappa shape index (κ3) is 4.29. The Kier molecular flexibility index (Phi) is 5.03. The summed E-state index contributed by atoms with van der Waals surface area (Å²) in [4.78, 5) is 10.6. The van der Waals surface area contributed by atoms with Crippen LogP contribution in [0.4, 0.5) is 13.2 Å². The summed E-state index contributed by atoms with van der Waals surface area (Å²) < 4.78 is 35.9. The fourth-order valence-electron chi connectivity index (χ4n) is 1.27. The Hall–Kier alpha value is -0.540. The van der Waals surface area contributed by atoms with Crippen LogP contribution in [-0.4, -0.2) is 12.0 Å². The second-order valence-electron chi connectivity index (χ2n) is 2.85. The van der Waals surface area contributed by atoms with Crippen LogP contribution in [0.5, 0.6) is 0 Å². The molecule has 0 aromatic rings. The van der Waals surface area contributed by atoms with Crippen LogP contribution >= 0.6 is 0 Å². The zero-order valence-corrected chi connectivity index (χ0v) is 7.95. The molecule has 0 unspecified atom stereocenters. The van der Waals surface area contributed by atoms with Gasteiger partial charge in [-0.15, -0.1) is 0 Å². The smallest absolute Gasteiger partial charge is 0.300 e. The standard InChI is InChI=1S/C7H9F3O.C2H6/c8-7(9,10)5-1-3-6(11)4-2-5;1-2/h5H,1-4H2;1-2H3. The van der Waals surface area contributed by atoms with E-state index in [1.54, 1.807) is 0 Å². The van der Waals surface area contributed by atoms with Crippen LogP contribution in [0.2, 0.25) is 0 Å². The fraction of sp³-hybridized carbons (Fsp3) is 0.889. The van der Waals surface area contributed by atoms with Gasteiger partial charge in [0.25, 0.3) is 0 Å². The Morgan fingerprint density at radius 2 is 1.54 bits per heavy atom. The fourth-order valence-corrected chi connectivity index (χ4v) is 1.27. The maximum atomic E-state index is 12.0. The molecular formula is C9H15F3O. The lowest BCUT2D eigenvalue weighted by atomic mass is 9.88. The van der Waals surface area contributed by atoms with E-state index >= 15 is 0 Å². The summed E-state index contributed by atoms with van der Waals surface area (Å²) in [6.07, 6.45) is -3.92. The zero-order chi connectivity index (χ0) is 10.5. The maximum absolute atomic E-state index is 12.0. The predicted octanol–water partition coefficient (Wildman–Crippen LogP) is 3.33. The molecule has 0 spiro atoms. The molecule has 1 nitrogen and oxygen atoms in total. The molecule has 0 atom stereocenters. The van der Waals surface area contributed by atoms with Gasteiger partial charge in [-0.05, 0) is 12.8 Å².